The second-order valence-corrected chi connectivity index (χ2v) is 5.05. The predicted molar refractivity (Wildman–Crippen MR) is 39.6 cm³/mol. The van der Waals surface area contributed by atoms with Crippen LogP contribution in [0.25, 0.3) is 0 Å². The minimum absolute atomic E-state index is 0.0919. The molecule has 0 bridgehead atoms. The van der Waals surface area contributed by atoms with Gasteiger partial charge in [-0.05, 0) is 10.8 Å². The molecule has 0 radical (unpaired) electrons. The SMILES string of the molecule is N[C@H](CSS(=O)(=O)O)C(=O)O. The monoisotopic (exact) mass is 201 g/mol. The molecule has 0 unspecified atom stereocenters. The van der Waals surface area contributed by atoms with Gasteiger partial charge in [-0.25, -0.2) is 0 Å². The molecule has 0 aliphatic rings. The number of carboxylic acid groups (broad SMARTS) is 1. The van der Waals surface area contributed by atoms with E-state index in [2.05, 4.69) is 0 Å². The second kappa shape index (κ2) is 3.90. The van der Waals surface area contributed by atoms with Gasteiger partial charge in [0.25, 0.3) is 0 Å². The number of carbonyl (C=O) groups is 1. The van der Waals surface area contributed by atoms with Gasteiger partial charge in [0, 0.05) is 5.75 Å². The molecule has 0 fully saturated rings. The van der Waals surface area contributed by atoms with Gasteiger partial charge in [0.05, 0.1) is 0 Å². The fraction of sp³-hybridized carbons (Fsp3) is 0.667. The molecule has 4 N–H and O–H groups in total. The maximum absolute atomic E-state index is 10.0. The molecule has 0 saturated carbocycles. The minimum Gasteiger partial charge on any atom is -0.480 e. The van der Waals surface area contributed by atoms with Crippen LogP contribution in [0, 0.1) is 0 Å². The second-order valence-electron chi connectivity index (χ2n) is 1.66. The highest BCUT2D eigenvalue weighted by Crippen LogP contribution is 2.09. The van der Waals surface area contributed by atoms with Gasteiger partial charge in [-0.2, -0.15) is 8.42 Å². The Bertz CT molecular complexity index is 234. The molecule has 8 heteroatoms. The molecule has 66 valence electrons. The molecule has 0 aliphatic heterocycles. The highest BCUT2D eigenvalue weighted by atomic mass is 33.1. The first-order valence-corrected chi connectivity index (χ1v) is 5.37. The standard InChI is InChI=1S/C3H7NO5S2/c4-2(3(5)6)1-10-11(7,8)9/h2H,1,4H2,(H,5,6)(H,7,8,9)/t2-/m1/s1. The van der Waals surface area contributed by atoms with E-state index in [9.17, 15) is 13.2 Å². The Kier molecular flexibility index (Phi) is 3.79. The van der Waals surface area contributed by atoms with E-state index >= 15 is 0 Å². The van der Waals surface area contributed by atoms with Crippen LogP contribution in [0.15, 0.2) is 0 Å². The lowest BCUT2D eigenvalue weighted by atomic mass is 10.4. The van der Waals surface area contributed by atoms with Gasteiger partial charge >= 0.3 is 15.1 Å². The first-order valence-electron chi connectivity index (χ1n) is 2.43. The van der Waals surface area contributed by atoms with Crippen LogP contribution < -0.4 is 5.73 Å². The molecular formula is C3H7NO5S2. The van der Waals surface area contributed by atoms with Gasteiger partial charge in [0.1, 0.15) is 6.04 Å². The summed E-state index contributed by atoms with van der Waals surface area (Å²) in [6.45, 7) is 0. The Morgan fingerprint density at radius 2 is 2.09 bits per heavy atom. The van der Waals surface area contributed by atoms with E-state index in [1.807, 2.05) is 0 Å². The molecule has 11 heavy (non-hydrogen) atoms. The van der Waals surface area contributed by atoms with Gasteiger partial charge in [-0.1, -0.05) is 0 Å². The van der Waals surface area contributed by atoms with Crippen molar-refractivity contribution in [2.45, 2.75) is 6.04 Å². The zero-order valence-electron chi connectivity index (χ0n) is 5.30. The zero-order chi connectivity index (χ0) is 9.07. The molecule has 0 spiro atoms. The van der Waals surface area contributed by atoms with Crippen LogP contribution in [-0.2, 0) is 13.9 Å². The van der Waals surface area contributed by atoms with Crippen molar-refractivity contribution in [2.75, 3.05) is 5.75 Å². The van der Waals surface area contributed by atoms with E-state index in [1.54, 1.807) is 0 Å². The van der Waals surface area contributed by atoms with Crippen molar-refractivity contribution in [3.8, 4) is 0 Å². The van der Waals surface area contributed by atoms with Crippen molar-refractivity contribution in [3.05, 3.63) is 0 Å². The molecule has 0 aromatic heterocycles. The Morgan fingerprint density at radius 1 is 1.64 bits per heavy atom. The van der Waals surface area contributed by atoms with Crippen molar-refractivity contribution in [1.29, 1.82) is 0 Å². The van der Waals surface area contributed by atoms with Crippen molar-refractivity contribution in [2.24, 2.45) is 5.73 Å². The molecule has 0 aromatic carbocycles. The lowest BCUT2D eigenvalue weighted by molar-refractivity contribution is -0.137. The van der Waals surface area contributed by atoms with Crippen molar-refractivity contribution in [1.82, 2.24) is 0 Å². The smallest absolute Gasteiger partial charge is 0.321 e. The maximum atomic E-state index is 10.0. The first-order chi connectivity index (χ1) is 4.83. The number of hydrogen-bond acceptors (Lipinski definition) is 5. The summed E-state index contributed by atoms with van der Waals surface area (Å²) in [5, 5.41) is 8.16. The molecule has 0 amide bonds. The number of rotatable bonds is 4. The molecule has 0 aromatic rings. The van der Waals surface area contributed by atoms with E-state index in [0.717, 1.165) is 0 Å². The molecule has 0 aliphatic carbocycles. The van der Waals surface area contributed by atoms with E-state index in [0.29, 0.717) is 0 Å². The molecule has 0 rings (SSSR count). The number of nitrogens with two attached hydrogens (primary N) is 1. The van der Waals surface area contributed by atoms with Crippen LogP contribution in [0.4, 0.5) is 0 Å². The van der Waals surface area contributed by atoms with E-state index in [1.165, 1.54) is 0 Å². The summed E-state index contributed by atoms with van der Waals surface area (Å²) >= 11 is 0. The third kappa shape index (κ3) is 6.10. The average Bonchev–Trinajstić information content (AvgIpc) is 1.80. The summed E-state index contributed by atoms with van der Waals surface area (Å²) in [5.41, 5.74) is 4.93. The van der Waals surface area contributed by atoms with E-state index < -0.39 is 21.2 Å². The van der Waals surface area contributed by atoms with Gasteiger partial charge < -0.3 is 10.8 Å². The van der Waals surface area contributed by atoms with Gasteiger partial charge in [-0.15, -0.1) is 0 Å². The molecule has 1 atom stereocenters. The summed E-state index contributed by atoms with van der Waals surface area (Å²) in [5.74, 6) is -1.67. The third-order valence-corrected chi connectivity index (χ3v) is 2.81. The van der Waals surface area contributed by atoms with Gasteiger partial charge in [0.2, 0.25) is 0 Å². The van der Waals surface area contributed by atoms with Crippen molar-refractivity contribution in [3.63, 3.8) is 0 Å². The van der Waals surface area contributed by atoms with Crippen molar-refractivity contribution < 1.29 is 22.9 Å². The average molecular weight is 201 g/mol. The largest absolute Gasteiger partial charge is 0.480 e. The maximum Gasteiger partial charge on any atom is 0.321 e. The Labute approximate surface area is 66.9 Å². The summed E-state index contributed by atoms with van der Waals surface area (Å²) in [6, 6.07) is -1.28. The van der Waals surface area contributed by atoms with Crippen molar-refractivity contribution >= 4 is 25.9 Å². The van der Waals surface area contributed by atoms with Crippen LogP contribution in [0.1, 0.15) is 0 Å². The first kappa shape index (κ1) is 10.7. The lowest BCUT2D eigenvalue weighted by Gasteiger charge is -2.01. The fourth-order valence-corrected chi connectivity index (χ4v) is 1.65. The Balaban J connectivity index is 3.82. The quantitative estimate of drug-likeness (QED) is 0.391. The Hall–Kier alpha value is -0.310. The van der Waals surface area contributed by atoms with E-state index in [4.69, 9.17) is 15.4 Å². The summed E-state index contributed by atoms with van der Waals surface area (Å²) in [4.78, 5) is 10.0. The lowest BCUT2D eigenvalue weighted by Crippen LogP contribution is -2.32. The molecule has 0 saturated heterocycles. The highest BCUT2D eigenvalue weighted by Gasteiger charge is 2.15. The molecule has 0 heterocycles. The fourth-order valence-electron chi connectivity index (χ4n) is 0.231. The topological polar surface area (TPSA) is 118 Å². The Morgan fingerprint density at radius 3 is 2.36 bits per heavy atom. The summed E-state index contributed by atoms with van der Waals surface area (Å²) in [7, 11) is -4.09. The number of hydrogen-bond donors (Lipinski definition) is 3. The van der Waals surface area contributed by atoms with Crippen LogP contribution in [0.3, 0.4) is 0 Å². The van der Waals surface area contributed by atoms with Crippen LogP contribution in [0.5, 0.6) is 0 Å². The van der Waals surface area contributed by atoms with Crippen LogP contribution in [0.2, 0.25) is 0 Å². The van der Waals surface area contributed by atoms with Crippen LogP contribution in [-0.4, -0.2) is 35.8 Å². The normalized spacial score (nSPS) is 14.4. The van der Waals surface area contributed by atoms with Gasteiger partial charge in [-0.3, -0.25) is 9.35 Å². The summed E-state index contributed by atoms with van der Waals surface area (Å²) < 4.78 is 28.2. The van der Waals surface area contributed by atoms with E-state index in [-0.39, 0.29) is 16.5 Å². The number of carboxylic acids is 1. The molecule has 6 nitrogen and oxygen atoms in total. The summed E-state index contributed by atoms with van der Waals surface area (Å²) in [6.07, 6.45) is 0. The zero-order valence-corrected chi connectivity index (χ0v) is 6.93. The third-order valence-electron chi connectivity index (χ3n) is 0.714. The number of aliphatic carboxylic acids is 1. The predicted octanol–water partition coefficient (Wildman–Crippen LogP) is -1.07. The van der Waals surface area contributed by atoms with Crippen LogP contribution >= 0.6 is 10.8 Å². The molecular weight excluding hydrogens is 194 g/mol. The highest BCUT2D eigenvalue weighted by molar-refractivity contribution is 8.69. The minimum atomic E-state index is -4.18. The van der Waals surface area contributed by atoms with Gasteiger partial charge in [0.15, 0.2) is 0 Å².